The van der Waals surface area contributed by atoms with Gasteiger partial charge in [-0.15, -0.1) is 11.3 Å². The largest absolute Gasteiger partial charge is 0.235 e. The van der Waals surface area contributed by atoms with Gasteiger partial charge in [-0.2, -0.15) is 4.57 Å². The van der Waals surface area contributed by atoms with Crippen LogP contribution in [0.2, 0.25) is 0 Å². The number of hydrogen-bond donors (Lipinski definition) is 0. The van der Waals surface area contributed by atoms with E-state index in [1.165, 1.54) is 14.5 Å². The molecule has 10 heavy (non-hydrogen) atoms. The summed E-state index contributed by atoms with van der Waals surface area (Å²) in [5.41, 5.74) is 1.37. The predicted octanol–water partition coefficient (Wildman–Crippen LogP) is 2.10. The molecule has 0 unspecified atom stereocenters. The molecule has 0 aliphatic rings. The standard InChI is InChI=1S/C7H8NS2/c1-5-8(2)6-3-4-9-7(6)10-5/h3-4H,1-2H3/q+1. The molecule has 0 radical (unpaired) electrons. The molecule has 0 spiro atoms. The minimum absolute atomic E-state index is 1.37. The van der Waals surface area contributed by atoms with Crippen molar-refractivity contribution in [2.45, 2.75) is 6.92 Å². The van der Waals surface area contributed by atoms with Crippen molar-refractivity contribution >= 4 is 32.2 Å². The highest BCUT2D eigenvalue weighted by Gasteiger charge is 2.12. The Bertz CT molecular complexity index is 358. The van der Waals surface area contributed by atoms with Gasteiger partial charge in [-0.25, -0.2) is 0 Å². The topological polar surface area (TPSA) is 3.88 Å². The molecule has 0 saturated heterocycles. The van der Waals surface area contributed by atoms with Crippen LogP contribution in [0, 0.1) is 6.92 Å². The second-order valence-corrected chi connectivity index (χ2v) is 4.65. The Labute approximate surface area is 67.6 Å². The van der Waals surface area contributed by atoms with Gasteiger partial charge in [-0.05, 0) is 5.38 Å². The van der Waals surface area contributed by atoms with E-state index in [2.05, 4.69) is 30.0 Å². The molecule has 2 aromatic heterocycles. The normalized spacial score (nSPS) is 11.0. The third-order valence-electron chi connectivity index (χ3n) is 1.68. The number of rotatable bonds is 0. The van der Waals surface area contributed by atoms with E-state index < -0.39 is 0 Å². The van der Waals surface area contributed by atoms with Crippen molar-refractivity contribution in [1.82, 2.24) is 0 Å². The van der Waals surface area contributed by atoms with Gasteiger partial charge in [0, 0.05) is 13.0 Å². The van der Waals surface area contributed by atoms with Gasteiger partial charge in [-0.3, -0.25) is 0 Å². The molecular formula is C7H8NS2+. The molecule has 0 atom stereocenters. The summed E-state index contributed by atoms with van der Waals surface area (Å²) in [6.07, 6.45) is 0. The molecular weight excluding hydrogens is 162 g/mol. The molecule has 52 valence electrons. The summed E-state index contributed by atoms with van der Waals surface area (Å²) in [6.45, 7) is 2.15. The molecule has 2 heterocycles. The van der Waals surface area contributed by atoms with E-state index in [4.69, 9.17) is 0 Å². The lowest BCUT2D eigenvalue weighted by atomic mass is 10.5. The SMILES string of the molecule is Cc1sc2sccc2[n+]1C. The van der Waals surface area contributed by atoms with Gasteiger partial charge in [0.25, 0.3) is 0 Å². The first-order chi connectivity index (χ1) is 4.79. The third kappa shape index (κ3) is 0.707. The number of fused-ring (bicyclic) bond motifs is 1. The summed E-state index contributed by atoms with van der Waals surface area (Å²) in [6, 6.07) is 2.17. The summed E-state index contributed by atoms with van der Waals surface area (Å²) < 4.78 is 3.66. The quantitative estimate of drug-likeness (QED) is 0.533. The zero-order valence-electron chi connectivity index (χ0n) is 5.92. The van der Waals surface area contributed by atoms with Crippen molar-refractivity contribution in [3.05, 3.63) is 16.5 Å². The first-order valence-corrected chi connectivity index (χ1v) is 4.81. The Morgan fingerprint density at radius 3 is 3.00 bits per heavy atom. The van der Waals surface area contributed by atoms with Crippen LogP contribution in [0.1, 0.15) is 5.01 Å². The minimum atomic E-state index is 1.37. The number of nitrogens with zero attached hydrogens (tertiary/aromatic N) is 1. The Balaban J connectivity index is 2.95. The molecule has 2 rings (SSSR count). The van der Waals surface area contributed by atoms with Crippen LogP contribution in [-0.2, 0) is 7.05 Å². The van der Waals surface area contributed by atoms with E-state index in [-0.39, 0.29) is 0 Å². The Kier molecular flexibility index (Phi) is 1.28. The number of thiazole rings is 1. The van der Waals surface area contributed by atoms with Gasteiger partial charge in [-0.1, -0.05) is 11.3 Å². The van der Waals surface area contributed by atoms with Crippen LogP contribution in [0.5, 0.6) is 0 Å². The maximum atomic E-state index is 2.23. The molecule has 3 heteroatoms. The highest BCUT2D eigenvalue weighted by atomic mass is 32.2. The molecule has 0 amide bonds. The highest BCUT2D eigenvalue weighted by molar-refractivity contribution is 7.36. The van der Waals surface area contributed by atoms with Crippen LogP contribution in [-0.4, -0.2) is 0 Å². The van der Waals surface area contributed by atoms with Crippen LogP contribution in [0.15, 0.2) is 11.4 Å². The van der Waals surface area contributed by atoms with Crippen molar-refractivity contribution in [2.24, 2.45) is 7.05 Å². The van der Waals surface area contributed by atoms with E-state index in [0.717, 1.165) is 0 Å². The lowest BCUT2D eigenvalue weighted by Gasteiger charge is -1.78. The fourth-order valence-corrected chi connectivity index (χ4v) is 3.17. The first-order valence-electron chi connectivity index (χ1n) is 3.11. The lowest BCUT2D eigenvalue weighted by Crippen LogP contribution is -2.28. The van der Waals surface area contributed by atoms with Gasteiger partial charge in [0.15, 0.2) is 4.01 Å². The van der Waals surface area contributed by atoms with Crippen LogP contribution in [0.25, 0.3) is 9.53 Å². The molecule has 2 aromatic rings. The predicted molar refractivity (Wildman–Crippen MR) is 45.6 cm³/mol. The van der Waals surface area contributed by atoms with E-state index in [9.17, 15) is 0 Å². The smallest absolute Gasteiger partial charge is 0.188 e. The first kappa shape index (κ1) is 6.31. The molecule has 0 fully saturated rings. The second kappa shape index (κ2) is 2.04. The Morgan fingerprint density at radius 2 is 2.30 bits per heavy atom. The molecule has 0 N–H and O–H groups in total. The summed E-state index contributed by atoms with van der Waals surface area (Å²) in [5, 5.41) is 3.52. The van der Waals surface area contributed by atoms with Crippen LogP contribution in [0.3, 0.4) is 0 Å². The third-order valence-corrected chi connectivity index (χ3v) is 3.88. The fourth-order valence-electron chi connectivity index (χ4n) is 0.986. The molecule has 0 saturated carbocycles. The monoisotopic (exact) mass is 170 g/mol. The molecule has 0 aliphatic carbocycles. The number of thiophene rings is 1. The van der Waals surface area contributed by atoms with Crippen LogP contribution in [0.4, 0.5) is 0 Å². The van der Waals surface area contributed by atoms with E-state index in [1.54, 1.807) is 0 Å². The number of aryl methyl sites for hydroxylation is 2. The molecule has 0 aromatic carbocycles. The van der Waals surface area contributed by atoms with Gasteiger partial charge >= 0.3 is 0 Å². The van der Waals surface area contributed by atoms with Crippen LogP contribution < -0.4 is 4.57 Å². The Hall–Kier alpha value is -0.410. The van der Waals surface area contributed by atoms with Crippen molar-refractivity contribution in [1.29, 1.82) is 0 Å². The molecule has 1 nitrogen and oxygen atoms in total. The zero-order valence-corrected chi connectivity index (χ0v) is 7.55. The maximum Gasteiger partial charge on any atom is 0.235 e. The van der Waals surface area contributed by atoms with Gasteiger partial charge < -0.3 is 0 Å². The molecule has 0 bridgehead atoms. The fraction of sp³-hybridized carbons (Fsp3) is 0.286. The van der Waals surface area contributed by atoms with Crippen molar-refractivity contribution < 1.29 is 4.57 Å². The van der Waals surface area contributed by atoms with E-state index in [0.29, 0.717) is 0 Å². The number of aromatic nitrogens is 1. The van der Waals surface area contributed by atoms with Crippen molar-refractivity contribution in [3.8, 4) is 0 Å². The Morgan fingerprint density at radius 1 is 1.50 bits per heavy atom. The van der Waals surface area contributed by atoms with Gasteiger partial charge in [0.2, 0.25) is 10.5 Å². The second-order valence-electron chi connectivity index (χ2n) is 2.27. The number of hydrogen-bond acceptors (Lipinski definition) is 2. The summed E-state index contributed by atoms with van der Waals surface area (Å²) in [7, 11) is 2.11. The van der Waals surface area contributed by atoms with E-state index in [1.807, 2.05) is 22.7 Å². The van der Waals surface area contributed by atoms with Gasteiger partial charge in [0.05, 0.1) is 0 Å². The molecule has 0 aliphatic heterocycles. The van der Waals surface area contributed by atoms with E-state index >= 15 is 0 Å². The van der Waals surface area contributed by atoms with Crippen LogP contribution >= 0.6 is 22.7 Å². The highest BCUT2D eigenvalue weighted by Crippen LogP contribution is 2.24. The van der Waals surface area contributed by atoms with Crippen molar-refractivity contribution in [3.63, 3.8) is 0 Å². The average Bonchev–Trinajstić information content (AvgIpc) is 2.41. The summed E-state index contributed by atoms with van der Waals surface area (Å²) in [5.74, 6) is 0. The van der Waals surface area contributed by atoms with Crippen molar-refractivity contribution in [2.75, 3.05) is 0 Å². The average molecular weight is 170 g/mol. The maximum absolute atomic E-state index is 2.23. The minimum Gasteiger partial charge on any atom is -0.188 e. The lowest BCUT2D eigenvalue weighted by molar-refractivity contribution is -0.646. The zero-order chi connectivity index (χ0) is 7.14. The summed E-state index contributed by atoms with van der Waals surface area (Å²) in [4.78, 5) is 0. The van der Waals surface area contributed by atoms with Gasteiger partial charge in [0.1, 0.15) is 7.05 Å². The summed E-state index contributed by atoms with van der Waals surface area (Å²) >= 11 is 3.69.